The summed E-state index contributed by atoms with van der Waals surface area (Å²) in [6, 6.07) is 18.8. The van der Waals surface area contributed by atoms with Crippen molar-refractivity contribution in [1.29, 1.82) is 0 Å². The van der Waals surface area contributed by atoms with E-state index < -0.39 is 11.9 Å². The Bertz CT molecular complexity index is 2790. The predicted octanol–water partition coefficient (Wildman–Crippen LogP) is 10.3. The van der Waals surface area contributed by atoms with Crippen LogP contribution >= 0.6 is 21.6 Å². The number of carbonyl (C=O) groups excluding carboxylic acids is 4. The van der Waals surface area contributed by atoms with E-state index in [2.05, 4.69) is 38.0 Å². The normalized spacial score (nSPS) is 17.2. The fourth-order valence-electron chi connectivity index (χ4n) is 9.17. The molecule has 0 bridgehead atoms. The predicted molar refractivity (Wildman–Crippen MR) is 276 cm³/mol. The number of rotatable bonds is 19. The minimum absolute atomic E-state index is 0.0257. The molecule has 0 saturated heterocycles. The summed E-state index contributed by atoms with van der Waals surface area (Å²) in [5, 5.41) is 5.82. The lowest BCUT2D eigenvalue weighted by Crippen LogP contribution is -2.42. The van der Waals surface area contributed by atoms with Gasteiger partial charge in [0, 0.05) is 59.2 Å². The molecule has 14 nitrogen and oxygen atoms in total. The molecule has 4 aliphatic heterocycles. The van der Waals surface area contributed by atoms with E-state index in [0.717, 1.165) is 29.8 Å². The third kappa shape index (κ3) is 10.6. The zero-order valence-electron chi connectivity index (χ0n) is 40.1. The summed E-state index contributed by atoms with van der Waals surface area (Å²) in [5.74, 6) is 0.452. The lowest BCUT2D eigenvalue weighted by molar-refractivity contribution is -0.126. The van der Waals surface area contributed by atoms with Gasteiger partial charge in [0.05, 0.1) is 48.8 Å². The van der Waals surface area contributed by atoms with Gasteiger partial charge < -0.3 is 29.6 Å². The Labute approximate surface area is 411 Å². The number of ether oxygens (including phenoxy) is 4. The molecule has 0 aromatic heterocycles. The van der Waals surface area contributed by atoms with Crippen molar-refractivity contribution >= 4 is 80.4 Å². The average molecular weight is 971 g/mol. The number of allylic oxidation sites excluding steroid dienone is 1. The molecule has 0 spiro atoms. The lowest BCUT2D eigenvalue weighted by atomic mass is 10.1. The van der Waals surface area contributed by atoms with Crippen LogP contribution in [-0.2, 0) is 29.2 Å². The van der Waals surface area contributed by atoms with Gasteiger partial charge >= 0.3 is 0 Å². The number of benzene rings is 4. The summed E-state index contributed by atoms with van der Waals surface area (Å²) < 4.78 is 24.3. The number of hydrogen-bond donors (Lipinski definition) is 2. The quantitative estimate of drug-likeness (QED) is 0.0866. The Balaban J connectivity index is 1.04. The van der Waals surface area contributed by atoms with Crippen molar-refractivity contribution in [3.63, 3.8) is 0 Å². The van der Waals surface area contributed by atoms with Crippen molar-refractivity contribution in [2.24, 2.45) is 9.98 Å². The molecule has 8 rings (SSSR count). The van der Waals surface area contributed by atoms with Crippen LogP contribution < -0.4 is 34.5 Å². The highest BCUT2D eigenvalue weighted by molar-refractivity contribution is 8.76. The summed E-state index contributed by atoms with van der Waals surface area (Å²) in [5.41, 5.74) is 7.44. The molecule has 0 radical (unpaired) electrons. The standard InChI is InChI=1S/C53H58N6O8S2/c1-9-13-34-21-37-27-54-41-25-47(45(64-6)23-39(41)51(62)58(37)43(34)10-2)66-29-32-18-33(20-36(19-32)57-50(61)31(3)56-49(60)16-17-53(4,5)69-68-8)30-67-48-26-42-40(24-46(48)65-7)52(63)59-38(28-55-42)22-35-14-11-12-15-44(35)59/h10-12,14-15,18-20,23-28,31,37-38H,2,9,13,16-17,21-22,29-30H2,1,3-8H3,(H,56,60)(H,57,61)/t31?,37-,38?/m0/s1. The molecule has 3 atom stereocenters. The van der Waals surface area contributed by atoms with Gasteiger partial charge in [0.2, 0.25) is 11.8 Å². The number of carbonyl (C=O) groups is 4. The van der Waals surface area contributed by atoms with Crippen molar-refractivity contribution in [1.82, 2.24) is 10.2 Å². The fraction of sp³-hybridized carbons (Fsp3) is 0.358. The maximum atomic E-state index is 14.1. The van der Waals surface area contributed by atoms with Gasteiger partial charge in [0.1, 0.15) is 19.3 Å². The number of methoxy groups -OCH3 is 2. The van der Waals surface area contributed by atoms with Crippen LogP contribution in [0.5, 0.6) is 23.0 Å². The largest absolute Gasteiger partial charge is 0.493 e. The summed E-state index contributed by atoms with van der Waals surface area (Å²) in [6.07, 6.45) is 11.5. The number of amides is 4. The molecule has 360 valence electrons. The van der Waals surface area contributed by atoms with Crippen LogP contribution in [0, 0.1) is 0 Å². The third-order valence-corrected chi connectivity index (χ3v) is 15.2. The first kappa shape index (κ1) is 48.9. The van der Waals surface area contributed by atoms with Gasteiger partial charge in [-0.15, -0.1) is 0 Å². The zero-order valence-corrected chi connectivity index (χ0v) is 41.7. The molecule has 2 N–H and O–H groups in total. The average Bonchev–Trinajstić information content (AvgIpc) is 3.81. The molecule has 0 saturated carbocycles. The summed E-state index contributed by atoms with van der Waals surface area (Å²) >= 11 is 0. The Morgan fingerprint density at radius 3 is 2.03 bits per heavy atom. The smallest absolute Gasteiger partial charge is 0.261 e. The highest BCUT2D eigenvalue weighted by Crippen LogP contribution is 2.43. The van der Waals surface area contributed by atoms with Gasteiger partial charge in [0.25, 0.3) is 11.8 Å². The van der Waals surface area contributed by atoms with Gasteiger partial charge in [-0.2, -0.15) is 0 Å². The second kappa shape index (κ2) is 21.0. The van der Waals surface area contributed by atoms with E-state index in [1.54, 1.807) is 87.0 Å². The van der Waals surface area contributed by atoms with E-state index in [1.807, 2.05) is 42.8 Å². The monoisotopic (exact) mass is 970 g/mol. The van der Waals surface area contributed by atoms with E-state index in [9.17, 15) is 19.2 Å². The van der Waals surface area contributed by atoms with E-state index in [0.29, 0.717) is 81.6 Å². The first-order chi connectivity index (χ1) is 33.2. The number of anilines is 2. The van der Waals surface area contributed by atoms with Crippen LogP contribution in [0.3, 0.4) is 0 Å². The number of nitrogens with zero attached hydrogens (tertiary/aromatic N) is 4. The number of aliphatic imine (C=N–C) groups is 2. The topological polar surface area (TPSA) is 160 Å². The van der Waals surface area contributed by atoms with Crippen molar-refractivity contribution in [3.8, 4) is 23.0 Å². The van der Waals surface area contributed by atoms with Gasteiger partial charge in [-0.25, -0.2) is 0 Å². The molecule has 4 aliphatic rings. The van der Waals surface area contributed by atoms with E-state index >= 15 is 0 Å². The fourth-order valence-corrected chi connectivity index (χ4v) is 11.4. The van der Waals surface area contributed by atoms with Crippen molar-refractivity contribution < 1.29 is 38.1 Å². The molecule has 4 amide bonds. The maximum Gasteiger partial charge on any atom is 0.261 e. The lowest BCUT2D eigenvalue weighted by Gasteiger charge is -2.23. The summed E-state index contributed by atoms with van der Waals surface area (Å²) in [6.45, 7) is 12.0. The number of fused-ring (bicyclic) bond motifs is 6. The molecule has 4 aromatic carbocycles. The van der Waals surface area contributed by atoms with Crippen molar-refractivity contribution in [3.05, 3.63) is 118 Å². The molecule has 69 heavy (non-hydrogen) atoms. The van der Waals surface area contributed by atoms with E-state index in [1.165, 1.54) is 19.8 Å². The number of hydrogen-bond acceptors (Lipinski definition) is 12. The third-order valence-electron chi connectivity index (χ3n) is 12.5. The molecule has 0 aliphatic carbocycles. The summed E-state index contributed by atoms with van der Waals surface area (Å²) in [7, 11) is 6.40. The Hall–Kier alpha value is -6.52. The van der Waals surface area contributed by atoms with Crippen LogP contribution in [0.25, 0.3) is 0 Å². The molecule has 0 fully saturated rings. The Kier molecular flexibility index (Phi) is 14.9. The molecule has 4 aromatic rings. The zero-order chi connectivity index (χ0) is 49.0. The van der Waals surface area contributed by atoms with Crippen LogP contribution in [0.15, 0.2) is 101 Å². The highest BCUT2D eigenvalue weighted by Gasteiger charge is 2.38. The Morgan fingerprint density at radius 1 is 0.855 bits per heavy atom. The van der Waals surface area contributed by atoms with Crippen LogP contribution in [0.1, 0.15) is 97.2 Å². The van der Waals surface area contributed by atoms with Crippen LogP contribution in [0.4, 0.5) is 22.7 Å². The molecule has 16 heteroatoms. The van der Waals surface area contributed by atoms with Gasteiger partial charge in [-0.1, -0.05) is 59.7 Å². The second-order valence-corrected chi connectivity index (χ2v) is 21.1. The van der Waals surface area contributed by atoms with E-state index in [4.69, 9.17) is 28.9 Å². The first-order valence-electron chi connectivity index (χ1n) is 23.1. The highest BCUT2D eigenvalue weighted by atomic mass is 33.1. The van der Waals surface area contributed by atoms with E-state index in [-0.39, 0.29) is 54.2 Å². The van der Waals surface area contributed by atoms with Gasteiger partial charge in [-0.05, 0) is 111 Å². The van der Waals surface area contributed by atoms with Gasteiger partial charge in [-0.3, -0.25) is 39.0 Å². The SMILES string of the molecule is C=CC1=C(CCC)C[C@H]2C=Nc3cc(OCc4cc(COc5cc6c(cc5OC)C(=O)N5c7ccccc7CC5C=N6)cc(NC(=O)C(C)NC(=O)CCC(C)(C)SSC)c4)c(OC)cc3C(=O)N12. The second-order valence-electron chi connectivity index (χ2n) is 18.0. The van der Waals surface area contributed by atoms with Crippen molar-refractivity contribution in [2.75, 3.05) is 30.7 Å². The molecular formula is C53H58N6O8S2. The van der Waals surface area contributed by atoms with Crippen LogP contribution in [-0.4, -0.2) is 84.3 Å². The number of nitrogens with one attached hydrogen (secondary N) is 2. The number of para-hydroxylation sites is 1. The molecule has 2 unspecified atom stereocenters. The first-order valence-corrected chi connectivity index (χ1v) is 25.6. The van der Waals surface area contributed by atoms with Crippen molar-refractivity contribution in [2.45, 2.75) is 102 Å². The maximum absolute atomic E-state index is 14.1. The minimum atomic E-state index is -0.830. The molecule has 4 heterocycles. The minimum Gasteiger partial charge on any atom is -0.493 e. The molecular weight excluding hydrogens is 913 g/mol. The van der Waals surface area contributed by atoms with Crippen LogP contribution in [0.2, 0.25) is 0 Å². The van der Waals surface area contributed by atoms with Gasteiger partial charge in [0.15, 0.2) is 23.0 Å². The summed E-state index contributed by atoms with van der Waals surface area (Å²) in [4.78, 5) is 67.9. The Morgan fingerprint density at radius 2 is 1.45 bits per heavy atom.